The summed E-state index contributed by atoms with van der Waals surface area (Å²) >= 11 is 0. The summed E-state index contributed by atoms with van der Waals surface area (Å²) in [6, 6.07) is 6.66. The van der Waals surface area contributed by atoms with Crippen LogP contribution in [0.15, 0.2) is 29.2 Å². The monoisotopic (exact) mass is 310 g/mol. The van der Waals surface area contributed by atoms with Crippen LogP contribution in [0.1, 0.15) is 37.0 Å². The van der Waals surface area contributed by atoms with E-state index in [9.17, 15) is 13.2 Å². The van der Waals surface area contributed by atoms with Gasteiger partial charge >= 0.3 is 0 Å². The number of benzene rings is 1. The van der Waals surface area contributed by atoms with Gasteiger partial charge in [-0.05, 0) is 51.0 Å². The zero-order chi connectivity index (χ0) is 15.8. The van der Waals surface area contributed by atoms with E-state index in [2.05, 4.69) is 0 Å². The largest absolute Gasteiger partial charge is 0.333 e. The Balaban J connectivity index is 2.24. The van der Waals surface area contributed by atoms with Crippen molar-refractivity contribution in [2.45, 2.75) is 43.7 Å². The van der Waals surface area contributed by atoms with Gasteiger partial charge in [-0.3, -0.25) is 4.79 Å². The molecule has 6 heteroatoms. The summed E-state index contributed by atoms with van der Waals surface area (Å²) in [5.41, 5.74) is 0.535. The summed E-state index contributed by atoms with van der Waals surface area (Å²) in [5, 5.41) is 0. The predicted octanol–water partition coefficient (Wildman–Crippen LogP) is 1.95. The highest BCUT2D eigenvalue weighted by atomic mass is 32.2. The molecule has 5 nitrogen and oxygen atoms in total. The molecule has 0 aromatic heterocycles. The first-order valence-electron chi connectivity index (χ1n) is 7.10. The Morgan fingerprint density at radius 2 is 1.67 bits per heavy atom. The molecule has 1 aromatic carbocycles. The molecule has 0 aliphatic heterocycles. The summed E-state index contributed by atoms with van der Waals surface area (Å²) in [5.74, 6) is -0.0266. The Morgan fingerprint density at radius 1 is 1.14 bits per heavy atom. The Morgan fingerprint density at radius 3 is 2.05 bits per heavy atom. The van der Waals surface area contributed by atoms with Gasteiger partial charge in [-0.1, -0.05) is 0 Å². The Hall–Kier alpha value is -1.40. The van der Waals surface area contributed by atoms with Crippen molar-refractivity contribution in [1.82, 2.24) is 9.21 Å². The first kappa shape index (κ1) is 16.0. The molecule has 1 amide bonds. The van der Waals surface area contributed by atoms with Gasteiger partial charge < -0.3 is 4.90 Å². The zero-order valence-corrected chi connectivity index (χ0v) is 13.7. The number of amides is 1. The number of carbonyl (C=O) groups is 1. The molecule has 0 N–H and O–H groups in total. The molecule has 1 fully saturated rings. The third-order valence-corrected chi connectivity index (χ3v) is 5.44. The minimum Gasteiger partial charge on any atom is -0.333 e. The van der Waals surface area contributed by atoms with Gasteiger partial charge in [-0.2, -0.15) is 0 Å². The van der Waals surface area contributed by atoms with Crippen LogP contribution in [0.2, 0.25) is 0 Å². The van der Waals surface area contributed by atoms with Crippen molar-refractivity contribution >= 4 is 15.9 Å². The van der Waals surface area contributed by atoms with Crippen molar-refractivity contribution in [2.75, 3.05) is 14.1 Å². The Labute approximate surface area is 126 Å². The summed E-state index contributed by atoms with van der Waals surface area (Å²) < 4.78 is 25.2. The highest BCUT2D eigenvalue weighted by Gasteiger charge is 2.34. The normalized spacial score (nSPS) is 15.5. The predicted molar refractivity (Wildman–Crippen MR) is 81.6 cm³/mol. The maximum absolute atomic E-state index is 12.5. The standard InChI is InChI=1S/C15H22N2O3S/c1-11(2)17(13-7-8-13)15(18)12-5-9-14(10-6-12)21(19,20)16(3)4/h5-6,9-11,13H,7-8H2,1-4H3. The SMILES string of the molecule is CC(C)N(C(=O)c1ccc(S(=O)(=O)N(C)C)cc1)C1CC1. The van der Waals surface area contributed by atoms with E-state index in [1.165, 1.54) is 26.2 Å². The lowest BCUT2D eigenvalue weighted by atomic mass is 10.1. The number of sulfonamides is 1. The average Bonchev–Trinajstić information content (AvgIpc) is 3.23. The molecule has 1 aliphatic carbocycles. The Kier molecular flexibility index (Phi) is 4.39. The molecule has 1 aliphatic rings. The highest BCUT2D eigenvalue weighted by molar-refractivity contribution is 7.89. The minimum atomic E-state index is -3.45. The number of hydrogen-bond donors (Lipinski definition) is 0. The van der Waals surface area contributed by atoms with E-state index < -0.39 is 10.0 Å². The number of carbonyl (C=O) groups excluding carboxylic acids is 1. The first-order chi connectivity index (χ1) is 9.75. The van der Waals surface area contributed by atoms with Crippen LogP contribution in [-0.4, -0.2) is 49.7 Å². The van der Waals surface area contributed by atoms with Gasteiger partial charge in [-0.25, -0.2) is 12.7 Å². The fourth-order valence-electron chi connectivity index (χ4n) is 2.30. The number of hydrogen-bond acceptors (Lipinski definition) is 3. The van der Waals surface area contributed by atoms with Crippen molar-refractivity contribution in [3.63, 3.8) is 0 Å². The van der Waals surface area contributed by atoms with E-state index >= 15 is 0 Å². The second kappa shape index (κ2) is 5.77. The van der Waals surface area contributed by atoms with Gasteiger partial charge in [0.05, 0.1) is 4.90 Å². The van der Waals surface area contributed by atoms with Crippen LogP contribution in [0.3, 0.4) is 0 Å². The summed E-state index contributed by atoms with van der Waals surface area (Å²) in [6.45, 7) is 4.00. The molecular weight excluding hydrogens is 288 g/mol. The van der Waals surface area contributed by atoms with Crippen LogP contribution in [0.5, 0.6) is 0 Å². The van der Waals surface area contributed by atoms with Gasteiger partial charge in [-0.15, -0.1) is 0 Å². The second-order valence-electron chi connectivity index (χ2n) is 5.85. The molecule has 116 valence electrons. The second-order valence-corrected chi connectivity index (χ2v) is 8.00. The quantitative estimate of drug-likeness (QED) is 0.835. The van der Waals surface area contributed by atoms with Crippen LogP contribution >= 0.6 is 0 Å². The van der Waals surface area contributed by atoms with Crippen LogP contribution in [0.4, 0.5) is 0 Å². The molecule has 21 heavy (non-hydrogen) atoms. The molecule has 0 bridgehead atoms. The molecular formula is C15H22N2O3S. The molecule has 0 spiro atoms. The fourth-order valence-corrected chi connectivity index (χ4v) is 3.21. The Bertz CT molecular complexity index is 615. The van der Waals surface area contributed by atoms with Crippen LogP contribution in [-0.2, 0) is 10.0 Å². The van der Waals surface area contributed by atoms with Crippen molar-refractivity contribution in [3.05, 3.63) is 29.8 Å². The first-order valence-corrected chi connectivity index (χ1v) is 8.54. The third kappa shape index (κ3) is 3.27. The van der Waals surface area contributed by atoms with E-state index in [-0.39, 0.29) is 16.8 Å². The van der Waals surface area contributed by atoms with Gasteiger partial charge in [0, 0.05) is 31.7 Å². The molecule has 0 radical (unpaired) electrons. The lowest BCUT2D eigenvalue weighted by molar-refractivity contribution is 0.0690. The lowest BCUT2D eigenvalue weighted by Gasteiger charge is -2.26. The summed E-state index contributed by atoms with van der Waals surface area (Å²) in [6.07, 6.45) is 2.11. The number of rotatable bonds is 5. The minimum absolute atomic E-state index is 0.0266. The van der Waals surface area contributed by atoms with Crippen molar-refractivity contribution < 1.29 is 13.2 Å². The zero-order valence-electron chi connectivity index (χ0n) is 12.9. The maximum Gasteiger partial charge on any atom is 0.254 e. The van der Waals surface area contributed by atoms with Crippen LogP contribution < -0.4 is 0 Å². The molecule has 0 saturated heterocycles. The van der Waals surface area contributed by atoms with E-state index in [1.54, 1.807) is 12.1 Å². The molecule has 0 atom stereocenters. The maximum atomic E-state index is 12.5. The van der Waals surface area contributed by atoms with Crippen LogP contribution in [0, 0.1) is 0 Å². The molecule has 0 unspecified atom stereocenters. The van der Waals surface area contributed by atoms with E-state index in [0.29, 0.717) is 11.6 Å². The van der Waals surface area contributed by atoms with Gasteiger partial charge in [0.2, 0.25) is 10.0 Å². The molecule has 1 aromatic rings. The van der Waals surface area contributed by atoms with E-state index in [4.69, 9.17) is 0 Å². The summed E-state index contributed by atoms with van der Waals surface area (Å²) in [4.78, 5) is 14.6. The number of nitrogens with zero attached hydrogens (tertiary/aromatic N) is 2. The molecule has 0 heterocycles. The van der Waals surface area contributed by atoms with Gasteiger partial charge in [0.15, 0.2) is 0 Å². The average molecular weight is 310 g/mol. The smallest absolute Gasteiger partial charge is 0.254 e. The lowest BCUT2D eigenvalue weighted by Crippen LogP contribution is -2.38. The van der Waals surface area contributed by atoms with Gasteiger partial charge in [0.1, 0.15) is 0 Å². The fraction of sp³-hybridized carbons (Fsp3) is 0.533. The van der Waals surface area contributed by atoms with Crippen molar-refractivity contribution in [3.8, 4) is 0 Å². The third-order valence-electron chi connectivity index (χ3n) is 3.61. The van der Waals surface area contributed by atoms with Crippen molar-refractivity contribution in [2.24, 2.45) is 0 Å². The molecule has 1 saturated carbocycles. The van der Waals surface area contributed by atoms with E-state index in [1.807, 2.05) is 18.7 Å². The topological polar surface area (TPSA) is 57.7 Å². The molecule has 2 rings (SSSR count). The van der Waals surface area contributed by atoms with E-state index in [0.717, 1.165) is 17.1 Å². The van der Waals surface area contributed by atoms with Crippen LogP contribution in [0.25, 0.3) is 0 Å². The highest BCUT2D eigenvalue weighted by Crippen LogP contribution is 2.30. The van der Waals surface area contributed by atoms with Gasteiger partial charge in [0.25, 0.3) is 5.91 Å². The summed E-state index contributed by atoms with van der Waals surface area (Å²) in [7, 11) is -0.475. The van der Waals surface area contributed by atoms with Crippen molar-refractivity contribution in [1.29, 1.82) is 0 Å².